The van der Waals surface area contributed by atoms with Crippen molar-refractivity contribution < 1.29 is 9.59 Å². The van der Waals surface area contributed by atoms with E-state index in [-0.39, 0.29) is 12.5 Å². The summed E-state index contributed by atoms with van der Waals surface area (Å²) in [5, 5.41) is 8.35. The van der Waals surface area contributed by atoms with E-state index < -0.39 is 6.03 Å². The van der Waals surface area contributed by atoms with E-state index in [1.807, 2.05) is 18.2 Å². The molecule has 0 aliphatic heterocycles. The highest BCUT2D eigenvalue weighted by Gasteiger charge is 2.03. The molecule has 0 spiro atoms. The van der Waals surface area contributed by atoms with Gasteiger partial charge in [0, 0.05) is 12.7 Å². The summed E-state index contributed by atoms with van der Waals surface area (Å²) in [5.41, 5.74) is 0.677. The fraction of sp³-hybridized carbons (Fsp3) is 0.200. The Labute approximate surface area is 87.9 Å². The highest BCUT2D eigenvalue weighted by molar-refractivity contribution is 5.92. The highest BCUT2D eigenvalue weighted by Crippen LogP contribution is 2.03. The Bertz CT molecular complexity index is 338. The maximum absolute atomic E-state index is 11.2. The molecule has 0 aliphatic rings. The van der Waals surface area contributed by atoms with E-state index in [1.54, 1.807) is 12.1 Å². The first-order chi connectivity index (χ1) is 7.22. The quantitative estimate of drug-likeness (QED) is 0.758. The second kappa shape index (κ2) is 5.64. The molecular weight excluding hydrogens is 194 g/mol. The van der Waals surface area contributed by atoms with Crippen molar-refractivity contribution in [1.82, 2.24) is 10.6 Å². The van der Waals surface area contributed by atoms with Crippen LogP contribution >= 0.6 is 0 Å². The summed E-state index contributed by atoms with van der Waals surface area (Å²) < 4.78 is 0. The van der Waals surface area contributed by atoms with Gasteiger partial charge in [0.1, 0.15) is 6.54 Å². The number of rotatable bonds is 3. The van der Waals surface area contributed by atoms with Gasteiger partial charge in [-0.2, -0.15) is 0 Å². The molecule has 79 valence electrons. The molecule has 1 rings (SSSR count). The van der Waals surface area contributed by atoms with Gasteiger partial charge in [-0.3, -0.25) is 10.1 Å². The molecule has 0 heterocycles. The van der Waals surface area contributed by atoms with Crippen molar-refractivity contribution in [3.63, 3.8) is 0 Å². The van der Waals surface area contributed by atoms with Gasteiger partial charge in [-0.25, -0.2) is 4.79 Å². The second-order valence-corrected chi connectivity index (χ2v) is 2.79. The largest absolute Gasteiger partial charge is 0.329 e. The summed E-state index contributed by atoms with van der Waals surface area (Å²) in [7, 11) is 1.39. The molecule has 15 heavy (non-hydrogen) atoms. The van der Waals surface area contributed by atoms with Gasteiger partial charge in [-0.1, -0.05) is 18.2 Å². The zero-order valence-electron chi connectivity index (χ0n) is 8.36. The molecule has 1 aromatic carbocycles. The van der Waals surface area contributed by atoms with Crippen LogP contribution in [0.25, 0.3) is 0 Å². The molecule has 3 amide bonds. The van der Waals surface area contributed by atoms with Crippen molar-refractivity contribution in [3.8, 4) is 0 Å². The van der Waals surface area contributed by atoms with E-state index in [0.29, 0.717) is 5.69 Å². The molecule has 0 saturated carbocycles. The number of carbonyl (C=O) groups excluding carboxylic acids is 2. The number of hydrogen-bond donors (Lipinski definition) is 2. The lowest BCUT2D eigenvalue weighted by atomic mass is 10.3. The van der Waals surface area contributed by atoms with E-state index in [1.165, 1.54) is 7.05 Å². The van der Waals surface area contributed by atoms with Crippen LogP contribution in [0, 0.1) is 0 Å². The minimum atomic E-state index is -0.418. The van der Waals surface area contributed by atoms with Crippen molar-refractivity contribution in [2.24, 2.45) is 0 Å². The number of likely N-dealkylation sites (N-methyl/N-ethyl adjacent to an activating group) is 1. The molecule has 5 heteroatoms. The van der Waals surface area contributed by atoms with Crippen molar-refractivity contribution in [1.29, 1.82) is 0 Å². The summed E-state index contributed by atoms with van der Waals surface area (Å²) in [6, 6.07) is 8.56. The third kappa shape index (κ3) is 4.12. The summed E-state index contributed by atoms with van der Waals surface area (Å²) >= 11 is 0. The Kier molecular flexibility index (Phi) is 4.15. The van der Waals surface area contributed by atoms with Crippen LogP contribution in [0.5, 0.6) is 0 Å². The standard InChI is InChI=1S/C10H12N3O2/c1-11-9(14)7-12-10(15)13-8-5-3-2-4-6-8/h2-6H,7H2,1H3,(H2,12,13,15). The van der Waals surface area contributed by atoms with E-state index in [2.05, 4.69) is 16.0 Å². The number of nitrogens with zero attached hydrogens (tertiary/aromatic N) is 1. The van der Waals surface area contributed by atoms with Crippen molar-refractivity contribution >= 4 is 17.6 Å². The molecule has 1 aromatic rings. The molecule has 0 unspecified atom stereocenters. The summed E-state index contributed by atoms with van der Waals surface area (Å²) in [4.78, 5) is 22.0. The summed E-state index contributed by atoms with van der Waals surface area (Å²) in [6.45, 7) is -0.0881. The Morgan fingerprint density at radius 2 is 1.93 bits per heavy atom. The van der Waals surface area contributed by atoms with Crippen LogP contribution in [0.1, 0.15) is 0 Å². The van der Waals surface area contributed by atoms with Crippen molar-refractivity contribution in [3.05, 3.63) is 30.3 Å². The number of carbonyl (C=O) groups is 2. The maximum atomic E-state index is 11.2. The van der Waals surface area contributed by atoms with Gasteiger partial charge in [0.15, 0.2) is 0 Å². The Hall–Kier alpha value is -2.04. The van der Waals surface area contributed by atoms with Gasteiger partial charge in [0.05, 0.1) is 0 Å². The molecule has 1 radical (unpaired) electrons. The van der Waals surface area contributed by atoms with Crippen LogP contribution in [-0.2, 0) is 4.79 Å². The van der Waals surface area contributed by atoms with Crippen LogP contribution in [0.4, 0.5) is 10.5 Å². The Morgan fingerprint density at radius 3 is 2.53 bits per heavy atom. The molecule has 0 saturated heterocycles. The first-order valence-corrected chi connectivity index (χ1v) is 4.45. The van der Waals surface area contributed by atoms with E-state index in [4.69, 9.17) is 0 Å². The Morgan fingerprint density at radius 1 is 1.27 bits per heavy atom. The summed E-state index contributed by atoms with van der Waals surface area (Å²) in [6.07, 6.45) is 0. The molecule has 0 aliphatic carbocycles. The SMILES string of the molecule is C[N]C(=O)CNC(=O)Nc1ccccc1. The number of benzene rings is 1. The number of nitrogens with one attached hydrogen (secondary N) is 2. The summed E-state index contributed by atoms with van der Waals surface area (Å²) in [5.74, 6) is -0.363. The van der Waals surface area contributed by atoms with Gasteiger partial charge < -0.3 is 10.6 Å². The molecule has 5 nitrogen and oxygen atoms in total. The van der Waals surface area contributed by atoms with Crippen LogP contribution in [-0.4, -0.2) is 25.5 Å². The average Bonchev–Trinajstić information content (AvgIpc) is 2.27. The van der Waals surface area contributed by atoms with Crippen LogP contribution in [0.3, 0.4) is 0 Å². The third-order valence-corrected chi connectivity index (χ3v) is 1.68. The molecule has 2 N–H and O–H groups in total. The second-order valence-electron chi connectivity index (χ2n) is 2.79. The van der Waals surface area contributed by atoms with Crippen LogP contribution < -0.4 is 16.0 Å². The first kappa shape index (κ1) is 11.0. The van der Waals surface area contributed by atoms with Crippen molar-refractivity contribution in [2.45, 2.75) is 0 Å². The third-order valence-electron chi connectivity index (χ3n) is 1.68. The normalized spacial score (nSPS) is 9.13. The lowest BCUT2D eigenvalue weighted by molar-refractivity contribution is -0.119. The number of para-hydroxylation sites is 1. The van der Waals surface area contributed by atoms with Gasteiger partial charge in [-0.15, -0.1) is 0 Å². The average molecular weight is 206 g/mol. The zero-order valence-corrected chi connectivity index (χ0v) is 8.36. The zero-order chi connectivity index (χ0) is 11.1. The number of urea groups is 1. The van der Waals surface area contributed by atoms with Crippen molar-refractivity contribution in [2.75, 3.05) is 18.9 Å². The monoisotopic (exact) mass is 206 g/mol. The van der Waals surface area contributed by atoms with Gasteiger partial charge in [0.2, 0.25) is 0 Å². The maximum Gasteiger partial charge on any atom is 0.319 e. The predicted octanol–water partition coefficient (Wildman–Crippen LogP) is 0.569. The number of anilines is 1. The van der Waals surface area contributed by atoms with Crippen LogP contribution in [0.2, 0.25) is 0 Å². The van der Waals surface area contributed by atoms with E-state index >= 15 is 0 Å². The van der Waals surface area contributed by atoms with Crippen LogP contribution in [0.15, 0.2) is 30.3 Å². The highest BCUT2D eigenvalue weighted by atomic mass is 16.2. The number of amides is 3. The van der Waals surface area contributed by atoms with Gasteiger partial charge >= 0.3 is 6.03 Å². The predicted molar refractivity (Wildman–Crippen MR) is 56.5 cm³/mol. The number of hydrogen-bond acceptors (Lipinski definition) is 2. The molecule has 0 aromatic heterocycles. The first-order valence-electron chi connectivity index (χ1n) is 4.45. The molecule has 0 atom stereocenters. The molecule has 0 fully saturated rings. The lowest BCUT2D eigenvalue weighted by Gasteiger charge is -2.05. The van der Waals surface area contributed by atoms with Gasteiger partial charge in [0.25, 0.3) is 5.91 Å². The smallest absolute Gasteiger partial charge is 0.319 e. The van der Waals surface area contributed by atoms with E-state index in [0.717, 1.165) is 0 Å². The van der Waals surface area contributed by atoms with E-state index in [9.17, 15) is 9.59 Å². The minimum absolute atomic E-state index is 0.0881. The Balaban J connectivity index is 2.34. The molecular formula is C10H12N3O2. The minimum Gasteiger partial charge on any atom is -0.329 e. The lowest BCUT2D eigenvalue weighted by Crippen LogP contribution is -2.35. The molecule has 0 bridgehead atoms. The fourth-order valence-corrected chi connectivity index (χ4v) is 0.932. The fourth-order valence-electron chi connectivity index (χ4n) is 0.932. The topological polar surface area (TPSA) is 72.3 Å². The van der Waals surface area contributed by atoms with Gasteiger partial charge in [-0.05, 0) is 12.1 Å².